The molecule has 0 fully saturated rings. The van der Waals surface area contributed by atoms with Gasteiger partial charge in [-0.15, -0.1) is 0 Å². The molecule has 0 saturated heterocycles. The van der Waals surface area contributed by atoms with Crippen molar-refractivity contribution in [2.45, 2.75) is 26.3 Å². The second kappa shape index (κ2) is 4.19. The molecule has 0 radical (unpaired) electrons. The zero-order valence-corrected chi connectivity index (χ0v) is 10.1. The highest BCUT2D eigenvalue weighted by atomic mass is 35.5. The van der Waals surface area contributed by atoms with Crippen LogP contribution < -0.4 is 17.0 Å². The van der Waals surface area contributed by atoms with Crippen LogP contribution in [0.25, 0.3) is 10.9 Å². The van der Waals surface area contributed by atoms with Gasteiger partial charge in [0.1, 0.15) is 0 Å². The van der Waals surface area contributed by atoms with Crippen molar-refractivity contribution in [3.05, 3.63) is 42.6 Å². The minimum absolute atomic E-state index is 0. The molecule has 15 heavy (non-hydrogen) atoms. The van der Waals surface area contributed by atoms with Gasteiger partial charge in [-0.2, -0.15) is 4.57 Å². The fraction of sp³-hybridized carbons (Fsp3) is 0.308. The molecule has 1 aromatic carbocycles. The van der Waals surface area contributed by atoms with E-state index in [1.54, 1.807) is 0 Å². The fourth-order valence-corrected chi connectivity index (χ4v) is 1.75. The Labute approximate surface area is 97.2 Å². The Balaban J connectivity index is 0.00000112. The molecule has 0 bridgehead atoms. The van der Waals surface area contributed by atoms with Gasteiger partial charge in [0.15, 0.2) is 11.7 Å². The van der Waals surface area contributed by atoms with Gasteiger partial charge in [0.25, 0.3) is 0 Å². The van der Waals surface area contributed by atoms with Crippen LogP contribution in [-0.2, 0) is 5.54 Å². The van der Waals surface area contributed by atoms with Crippen molar-refractivity contribution in [1.82, 2.24) is 0 Å². The summed E-state index contributed by atoms with van der Waals surface area (Å²) < 4.78 is 2.31. The van der Waals surface area contributed by atoms with E-state index in [0.29, 0.717) is 0 Å². The normalized spacial score (nSPS) is 11.1. The Kier molecular flexibility index (Phi) is 3.35. The number of fused-ring (bicyclic) bond motifs is 1. The van der Waals surface area contributed by atoms with Crippen molar-refractivity contribution in [2.24, 2.45) is 0 Å². The minimum atomic E-state index is 0. The van der Waals surface area contributed by atoms with E-state index in [-0.39, 0.29) is 17.9 Å². The van der Waals surface area contributed by atoms with E-state index in [4.69, 9.17) is 0 Å². The summed E-state index contributed by atoms with van der Waals surface area (Å²) >= 11 is 0. The number of para-hydroxylation sites is 1. The van der Waals surface area contributed by atoms with Crippen molar-refractivity contribution in [3.63, 3.8) is 0 Å². The zero-order valence-electron chi connectivity index (χ0n) is 9.37. The smallest absolute Gasteiger partial charge is 0.212 e. The first-order valence-electron chi connectivity index (χ1n) is 4.99. The SMILES string of the molecule is CC(C)(C)[n+]1cccc2ccccc21.[Cl-]. The predicted octanol–water partition coefficient (Wildman–Crippen LogP) is -0.114. The van der Waals surface area contributed by atoms with E-state index in [9.17, 15) is 0 Å². The van der Waals surface area contributed by atoms with Crippen LogP contribution in [0.4, 0.5) is 0 Å². The highest BCUT2D eigenvalue weighted by Gasteiger charge is 2.23. The molecule has 2 rings (SSSR count). The molecule has 0 amide bonds. The number of pyridine rings is 1. The third kappa shape index (κ3) is 2.29. The second-order valence-corrected chi connectivity index (χ2v) is 4.61. The molecule has 0 aliphatic rings. The van der Waals surface area contributed by atoms with Crippen LogP contribution in [0, 0.1) is 0 Å². The van der Waals surface area contributed by atoms with Gasteiger partial charge in [-0.25, -0.2) is 0 Å². The Morgan fingerprint density at radius 1 is 0.933 bits per heavy atom. The van der Waals surface area contributed by atoms with Crippen molar-refractivity contribution in [2.75, 3.05) is 0 Å². The van der Waals surface area contributed by atoms with Gasteiger partial charge in [-0.3, -0.25) is 0 Å². The lowest BCUT2D eigenvalue weighted by atomic mass is 10.1. The van der Waals surface area contributed by atoms with Crippen molar-refractivity contribution in [1.29, 1.82) is 0 Å². The highest BCUT2D eigenvalue weighted by molar-refractivity contribution is 5.75. The Morgan fingerprint density at radius 2 is 1.53 bits per heavy atom. The van der Waals surface area contributed by atoms with Gasteiger partial charge in [-0.1, -0.05) is 12.1 Å². The topological polar surface area (TPSA) is 3.88 Å². The first kappa shape index (κ1) is 12.0. The molecule has 0 aliphatic heterocycles. The average Bonchev–Trinajstić information content (AvgIpc) is 2.15. The second-order valence-electron chi connectivity index (χ2n) is 4.61. The third-order valence-corrected chi connectivity index (χ3v) is 2.43. The van der Waals surface area contributed by atoms with Crippen LogP contribution in [-0.4, -0.2) is 0 Å². The number of nitrogens with zero attached hydrogens (tertiary/aromatic N) is 1. The molecule has 80 valence electrons. The Bertz CT molecular complexity index is 452. The number of halogens is 1. The lowest BCUT2D eigenvalue weighted by Gasteiger charge is -2.14. The van der Waals surface area contributed by atoms with Gasteiger partial charge in [0.05, 0.1) is 0 Å². The van der Waals surface area contributed by atoms with Gasteiger partial charge >= 0.3 is 0 Å². The summed E-state index contributed by atoms with van der Waals surface area (Å²) in [4.78, 5) is 0. The number of hydrogen-bond donors (Lipinski definition) is 0. The van der Waals surface area contributed by atoms with E-state index >= 15 is 0 Å². The van der Waals surface area contributed by atoms with Crippen molar-refractivity contribution in [3.8, 4) is 0 Å². The molecule has 2 aromatic rings. The summed E-state index contributed by atoms with van der Waals surface area (Å²) in [6, 6.07) is 12.7. The minimum Gasteiger partial charge on any atom is -1.00 e. The number of benzene rings is 1. The summed E-state index contributed by atoms with van der Waals surface area (Å²) in [7, 11) is 0. The fourth-order valence-electron chi connectivity index (χ4n) is 1.75. The van der Waals surface area contributed by atoms with Crippen molar-refractivity contribution < 1.29 is 17.0 Å². The predicted molar refractivity (Wildman–Crippen MR) is 59.1 cm³/mol. The summed E-state index contributed by atoms with van der Waals surface area (Å²) in [5.41, 5.74) is 1.43. The van der Waals surface area contributed by atoms with E-state index in [0.717, 1.165) is 0 Å². The van der Waals surface area contributed by atoms with Crippen LogP contribution in [0.2, 0.25) is 0 Å². The van der Waals surface area contributed by atoms with E-state index < -0.39 is 0 Å². The lowest BCUT2D eigenvalue weighted by Crippen LogP contribution is -3.00. The molecule has 0 spiro atoms. The average molecular weight is 222 g/mol. The molecule has 0 unspecified atom stereocenters. The first-order chi connectivity index (χ1) is 6.59. The molecule has 1 aromatic heterocycles. The molecule has 0 atom stereocenters. The lowest BCUT2D eigenvalue weighted by molar-refractivity contribution is -0.730. The standard InChI is InChI=1S/C13H16N.ClH/c1-13(2,3)14-10-6-8-11-7-4-5-9-12(11)14;/h4-10H,1-3H3;1H/q+1;/p-1. The molecule has 0 N–H and O–H groups in total. The number of rotatable bonds is 0. The van der Waals surface area contributed by atoms with Gasteiger partial charge in [-0.05, 0) is 12.1 Å². The summed E-state index contributed by atoms with van der Waals surface area (Å²) in [6.45, 7) is 6.66. The molecule has 0 aliphatic carbocycles. The molecular weight excluding hydrogens is 206 g/mol. The van der Waals surface area contributed by atoms with E-state index in [1.165, 1.54) is 10.9 Å². The molecule has 1 heterocycles. The summed E-state index contributed by atoms with van der Waals surface area (Å²) in [5.74, 6) is 0. The van der Waals surface area contributed by atoms with Crippen LogP contribution in [0.15, 0.2) is 42.6 Å². The van der Waals surface area contributed by atoms with Gasteiger partial charge in [0, 0.05) is 38.3 Å². The quantitative estimate of drug-likeness (QED) is 0.547. The Morgan fingerprint density at radius 3 is 2.20 bits per heavy atom. The van der Waals surface area contributed by atoms with Gasteiger partial charge < -0.3 is 12.4 Å². The molecule has 2 heteroatoms. The maximum Gasteiger partial charge on any atom is 0.212 e. The molecule has 0 saturated carbocycles. The van der Waals surface area contributed by atoms with Crippen LogP contribution in [0.3, 0.4) is 0 Å². The molecular formula is C13H16ClN. The summed E-state index contributed by atoms with van der Waals surface area (Å²) in [6.07, 6.45) is 2.14. The zero-order chi connectivity index (χ0) is 10.2. The maximum absolute atomic E-state index is 2.31. The molecule has 1 nitrogen and oxygen atoms in total. The Hall–Kier alpha value is -1.08. The summed E-state index contributed by atoms with van der Waals surface area (Å²) in [5, 5.41) is 1.30. The van der Waals surface area contributed by atoms with E-state index in [1.807, 2.05) is 0 Å². The first-order valence-corrected chi connectivity index (χ1v) is 4.99. The third-order valence-electron chi connectivity index (χ3n) is 2.43. The highest BCUT2D eigenvalue weighted by Crippen LogP contribution is 2.13. The number of aromatic nitrogens is 1. The number of hydrogen-bond acceptors (Lipinski definition) is 0. The largest absolute Gasteiger partial charge is 1.00 e. The van der Waals surface area contributed by atoms with Crippen LogP contribution >= 0.6 is 0 Å². The van der Waals surface area contributed by atoms with Crippen LogP contribution in [0.1, 0.15) is 20.8 Å². The van der Waals surface area contributed by atoms with Crippen LogP contribution in [0.5, 0.6) is 0 Å². The maximum atomic E-state index is 2.31. The van der Waals surface area contributed by atoms with Gasteiger partial charge in [0.2, 0.25) is 5.52 Å². The van der Waals surface area contributed by atoms with Crippen molar-refractivity contribution >= 4 is 10.9 Å². The van der Waals surface area contributed by atoms with E-state index in [2.05, 4.69) is 67.9 Å². The monoisotopic (exact) mass is 221 g/mol.